The highest BCUT2D eigenvalue weighted by Crippen LogP contribution is 2.17. The van der Waals surface area contributed by atoms with Crippen molar-refractivity contribution in [2.45, 2.75) is 6.54 Å². The molecule has 3 aromatic rings. The smallest absolute Gasteiger partial charge is 0.345 e. The summed E-state index contributed by atoms with van der Waals surface area (Å²) in [6.07, 6.45) is 3.26. The number of pyridine rings is 1. The maximum absolute atomic E-state index is 13.0. The van der Waals surface area contributed by atoms with E-state index in [0.29, 0.717) is 17.9 Å². The lowest BCUT2D eigenvalue weighted by Crippen LogP contribution is -2.27. The third-order valence-electron chi connectivity index (χ3n) is 3.30. The molecule has 1 aromatic carbocycles. The topological polar surface area (TPSA) is 84.7 Å². The Kier molecular flexibility index (Phi) is 4.46. The minimum absolute atomic E-state index is 0.289. The van der Waals surface area contributed by atoms with Crippen LogP contribution >= 0.6 is 0 Å². The average Bonchev–Trinajstić information content (AvgIpc) is 3.05. The van der Waals surface area contributed by atoms with Gasteiger partial charge in [0.25, 0.3) is 0 Å². The molecule has 0 aliphatic carbocycles. The van der Waals surface area contributed by atoms with Gasteiger partial charge in [-0.3, -0.25) is 4.98 Å². The fourth-order valence-electron chi connectivity index (χ4n) is 2.07. The van der Waals surface area contributed by atoms with E-state index in [0.717, 1.165) is 10.2 Å². The Morgan fingerprint density at radius 1 is 1.25 bits per heavy atom. The molecule has 0 fully saturated rings. The zero-order valence-electron chi connectivity index (χ0n) is 12.9. The van der Waals surface area contributed by atoms with E-state index >= 15 is 0 Å². The van der Waals surface area contributed by atoms with Gasteiger partial charge in [0.1, 0.15) is 5.82 Å². The summed E-state index contributed by atoms with van der Waals surface area (Å²) in [7, 11) is 1.51. The van der Waals surface area contributed by atoms with Crippen LogP contribution in [0, 0.1) is 5.82 Å². The number of nitrogens with zero attached hydrogens (tertiary/aromatic N) is 4. The van der Waals surface area contributed by atoms with Crippen molar-refractivity contribution < 1.29 is 9.18 Å². The van der Waals surface area contributed by atoms with Gasteiger partial charge in [0.05, 0.1) is 0 Å². The van der Waals surface area contributed by atoms with Crippen molar-refractivity contribution in [3.63, 3.8) is 0 Å². The molecular formula is C16H15FN6O. The lowest BCUT2D eigenvalue weighted by molar-refractivity contribution is 0.242. The zero-order valence-corrected chi connectivity index (χ0v) is 12.9. The van der Waals surface area contributed by atoms with E-state index in [9.17, 15) is 9.18 Å². The maximum Gasteiger partial charge on any atom is 0.345 e. The molecule has 0 atom stereocenters. The maximum atomic E-state index is 13.0. The van der Waals surface area contributed by atoms with Gasteiger partial charge in [-0.25, -0.2) is 9.18 Å². The lowest BCUT2D eigenvalue weighted by Gasteiger charge is -2.06. The summed E-state index contributed by atoms with van der Waals surface area (Å²) in [5.74, 6) is 0.372. The van der Waals surface area contributed by atoms with Crippen molar-refractivity contribution in [3.05, 3.63) is 60.2 Å². The van der Waals surface area contributed by atoms with Crippen LogP contribution in [0.3, 0.4) is 0 Å². The van der Waals surface area contributed by atoms with E-state index in [1.54, 1.807) is 36.7 Å². The van der Waals surface area contributed by atoms with Gasteiger partial charge < -0.3 is 10.6 Å². The predicted molar refractivity (Wildman–Crippen MR) is 86.8 cm³/mol. The Hall–Kier alpha value is -3.29. The van der Waals surface area contributed by atoms with Gasteiger partial charge in [0, 0.05) is 31.5 Å². The highest BCUT2D eigenvalue weighted by Gasteiger charge is 2.16. The van der Waals surface area contributed by atoms with Crippen LogP contribution in [-0.4, -0.2) is 32.8 Å². The minimum atomic E-state index is -0.417. The van der Waals surface area contributed by atoms with Crippen LogP contribution in [0.1, 0.15) is 5.56 Å². The van der Waals surface area contributed by atoms with Crippen molar-refractivity contribution in [2.75, 3.05) is 12.4 Å². The average molecular weight is 326 g/mol. The van der Waals surface area contributed by atoms with E-state index in [4.69, 9.17) is 0 Å². The predicted octanol–water partition coefficient (Wildman–Crippen LogP) is 2.28. The van der Waals surface area contributed by atoms with E-state index in [1.807, 2.05) is 0 Å². The number of aromatic nitrogens is 4. The van der Waals surface area contributed by atoms with Crippen molar-refractivity contribution in [2.24, 2.45) is 0 Å². The largest absolute Gasteiger partial charge is 0.350 e. The second-order valence-electron chi connectivity index (χ2n) is 4.95. The van der Waals surface area contributed by atoms with Gasteiger partial charge >= 0.3 is 6.03 Å². The summed E-state index contributed by atoms with van der Waals surface area (Å²) in [5, 5.41) is 9.76. The molecule has 1 amide bonds. The monoisotopic (exact) mass is 326 g/mol. The molecule has 0 aliphatic rings. The summed E-state index contributed by atoms with van der Waals surface area (Å²) in [6, 6.07) is 9.22. The first kappa shape index (κ1) is 15.6. The number of hydrogen-bond acceptors (Lipinski definition) is 5. The van der Waals surface area contributed by atoms with Gasteiger partial charge in [-0.1, -0.05) is 12.1 Å². The second-order valence-corrected chi connectivity index (χ2v) is 4.95. The standard InChI is InChI=1S/C16H15FN6O/c1-18-16(24)23-15(20-9-11-4-6-13(17)7-5-11)21-14(22-23)12-3-2-8-19-10-12/h2-8,10H,9H2,1H3,(H,18,24)(H,20,21,22). The molecule has 3 rings (SSSR count). The molecule has 8 heteroatoms. The molecule has 0 radical (unpaired) electrons. The summed E-state index contributed by atoms with van der Waals surface area (Å²) >= 11 is 0. The van der Waals surface area contributed by atoms with Gasteiger partial charge in [-0.15, -0.1) is 9.78 Å². The number of nitrogens with one attached hydrogen (secondary N) is 2. The number of benzene rings is 1. The molecule has 2 N–H and O–H groups in total. The Morgan fingerprint density at radius 3 is 2.71 bits per heavy atom. The fraction of sp³-hybridized carbons (Fsp3) is 0.125. The van der Waals surface area contributed by atoms with Crippen LogP contribution < -0.4 is 10.6 Å². The number of carbonyl (C=O) groups is 1. The molecule has 2 heterocycles. The van der Waals surface area contributed by atoms with E-state index in [2.05, 4.69) is 25.7 Å². The normalized spacial score (nSPS) is 10.4. The van der Waals surface area contributed by atoms with Gasteiger partial charge in [-0.05, 0) is 29.8 Å². The molecule has 0 unspecified atom stereocenters. The van der Waals surface area contributed by atoms with Crippen molar-refractivity contribution in [1.82, 2.24) is 25.1 Å². The Balaban J connectivity index is 1.86. The third-order valence-corrected chi connectivity index (χ3v) is 3.30. The summed E-state index contributed by atoms with van der Waals surface area (Å²) in [4.78, 5) is 20.3. The highest BCUT2D eigenvalue weighted by atomic mass is 19.1. The van der Waals surface area contributed by atoms with Crippen LogP contribution in [0.5, 0.6) is 0 Å². The first-order valence-corrected chi connectivity index (χ1v) is 7.25. The van der Waals surface area contributed by atoms with E-state index in [1.165, 1.54) is 19.2 Å². The summed E-state index contributed by atoms with van der Waals surface area (Å²) in [6.45, 7) is 0.377. The Morgan fingerprint density at radius 2 is 2.04 bits per heavy atom. The van der Waals surface area contributed by atoms with Crippen LogP contribution in [-0.2, 0) is 6.54 Å². The Labute approximate surface area is 137 Å². The van der Waals surface area contributed by atoms with Crippen molar-refractivity contribution >= 4 is 12.0 Å². The molecule has 24 heavy (non-hydrogen) atoms. The quantitative estimate of drug-likeness (QED) is 0.768. The van der Waals surface area contributed by atoms with Crippen molar-refractivity contribution in [1.29, 1.82) is 0 Å². The molecule has 7 nitrogen and oxygen atoms in total. The third kappa shape index (κ3) is 3.37. The molecule has 0 saturated carbocycles. The number of anilines is 1. The molecule has 122 valence electrons. The van der Waals surface area contributed by atoms with Crippen LogP contribution in [0.2, 0.25) is 0 Å². The first-order chi connectivity index (χ1) is 11.7. The fourth-order valence-corrected chi connectivity index (χ4v) is 2.07. The number of hydrogen-bond donors (Lipinski definition) is 2. The van der Waals surface area contributed by atoms with Gasteiger partial charge in [0.15, 0.2) is 5.82 Å². The van der Waals surface area contributed by atoms with Crippen molar-refractivity contribution in [3.8, 4) is 11.4 Å². The summed E-state index contributed by atoms with van der Waals surface area (Å²) in [5.41, 5.74) is 1.55. The zero-order chi connectivity index (χ0) is 16.9. The number of rotatable bonds is 4. The van der Waals surface area contributed by atoms with Gasteiger partial charge in [-0.2, -0.15) is 4.98 Å². The molecule has 0 aliphatic heterocycles. The molecular weight excluding hydrogens is 311 g/mol. The number of carbonyl (C=O) groups excluding carboxylic acids is 1. The van der Waals surface area contributed by atoms with Crippen LogP contribution in [0.25, 0.3) is 11.4 Å². The number of halogens is 1. The number of amides is 1. The Bertz CT molecular complexity index is 832. The van der Waals surface area contributed by atoms with E-state index in [-0.39, 0.29) is 11.8 Å². The second kappa shape index (κ2) is 6.86. The molecule has 2 aromatic heterocycles. The van der Waals surface area contributed by atoms with Gasteiger partial charge in [0.2, 0.25) is 5.95 Å². The van der Waals surface area contributed by atoms with E-state index < -0.39 is 6.03 Å². The highest BCUT2D eigenvalue weighted by molar-refractivity contribution is 5.79. The van der Waals surface area contributed by atoms with Crippen LogP contribution in [0.15, 0.2) is 48.8 Å². The molecule has 0 saturated heterocycles. The lowest BCUT2D eigenvalue weighted by atomic mass is 10.2. The minimum Gasteiger partial charge on any atom is -0.350 e. The first-order valence-electron chi connectivity index (χ1n) is 7.25. The molecule has 0 spiro atoms. The SMILES string of the molecule is CNC(=O)n1nc(-c2cccnc2)nc1NCc1ccc(F)cc1. The van der Waals surface area contributed by atoms with Crippen LogP contribution in [0.4, 0.5) is 15.1 Å². The summed E-state index contributed by atoms with van der Waals surface area (Å²) < 4.78 is 14.1. The molecule has 0 bridgehead atoms.